The van der Waals surface area contributed by atoms with Gasteiger partial charge in [0, 0.05) is 20.3 Å². The van der Waals surface area contributed by atoms with Crippen LogP contribution in [0.4, 0.5) is 5.69 Å². The third-order valence-electron chi connectivity index (χ3n) is 2.72. The molecule has 6 nitrogen and oxygen atoms in total. The summed E-state index contributed by atoms with van der Waals surface area (Å²) in [7, 11) is -1.94. The minimum absolute atomic E-state index is 0.112. The first-order valence-corrected chi connectivity index (χ1v) is 8.45. The molecule has 0 bridgehead atoms. The number of nitrogen functional groups attached to an aromatic ring is 1. The summed E-state index contributed by atoms with van der Waals surface area (Å²) in [5.74, 6) is 0. The van der Waals surface area contributed by atoms with Gasteiger partial charge in [-0.05, 0) is 31.0 Å². The maximum absolute atomic E-state index is 12.0. The lowest BCUT2D eigenvalue weighted by Gasteiger charge is -2.08. The minimum atomic E-state index is -3.55. The lowest BCUT2D eigenvalue weighted by Crippen LogP contribution is -2.25. The first-order chi connectivity index (χ1) is 9.97. The van der Waals surface area contributed by atoms with Gasteiger partial charge in [-0.2, -0.15) is 0 Å². The molecule has 0 aliphatic carbocycles. The second-order valence-corrected chi connectivity index (χ2v) is 6.57. The lowest BCUT2D eigenvalue weighted by atomic mass is 10.3. The van der Waals surface area contributed by atoms with E-state index in [1.165, 1.54) is 18.2 Å². The molecule has 0 aromatic heterocycles. The molecule has 0 saturated heterocycles. The lowest BCUT2D eigenvalue weighted by molar-refractivity contribution is 0.0689. The molecule has 0 atom stereocenters. The van der Waals surface area contributed by atoms with E-state index in [1.807, 2.05) is 0 Å². The van der Waals surface area contributed by atoms with Crippen LogP contribution in [0.5, 0.6) is 0 Å². The third-order valence-corrected chi connectivity index (χ3v) is 4.52. The number of hydrogen-bond donors (Lipinski definition) is 2. The van der Waals surface area contributed by atoms with Crippen LogP contribution in [0.15, 0.2) is 23.1 Å². The van der Waals surface area contributed by atoms with E-state index in [0.717, 1.165) is 6.42 Å². The molecule has 0 spiro atoms. The van der Waals surface area contributed by atoms with Crippen molar-refractivity contribution in [2.75, 3.05) is 39.2 Å². The second-order valence-electron chi connectivity index (χ2n) is 4.39. The van der Waals surface area contributed by atoms with E-state index >= 15 is 0 Å². The molecule has 1 aromatic rings. The Balaban J connectivity index is 2.31. The van der Waals surface area contributed by atoms with Crippen LogP contribution in [0.3, 0.4) is 0 Å². The highest BCUT2D eigenvalue weighted by atomic mass is 35.5. The molecule has 0 amide bonds. The third kappa shape index (κ3) is 6.62. The van der Waals surface area contributed by atoms with Gasteiger partial charge < -0.3 is 15.2 Å². The molecule has 0 aliphatic rings. The number of benzene rings is 1. The van der Waals surface area contributed by atoms with Crippen molar-refractivity contribution in [3.8, 4) is 0 Å². The van der Waals surface area contributed by atoms with Crippen molar-refractivity contribution >= 4 is 27.3 Å². The average molecular weight is 337 g/mol. The van der Waals surface area contributed by atoms with Gasteiger partial charge in [0.25, 0.3) is 0 Å². The van der Waals surface area contributed by atoms with Crippen LogP contribution >= 0.6 is 11.6 Å². The minimum Gasteiger partial charge on any atom is -0.397 e. The number of unbranched alkanes of at least 4 members (excludes halogenated alkanes) is 1. The zero-order chi connectivity index (χ0) is 15.7. The number of nitrogens with two attached hydrogens (primary N) is 1. The van der Waals surface area contributed by atoms with Crippen LogP contribution in [0.1, 0.15) is 12.8 Å². The van der Waals surface area contributed by atoms with Crippen molar-refractivity contribution in [2.24, 2.45) is 0 Å². The summed E-state index contributed by atoms with van der Waals surface area (Å²) < 4.78 is 36.7. The normalized spacial score (nSPS) is 11.7. The van der Waals surface area contributed by atoms with Crippen LogP contribution in [0, 0.1) is 0 Å². The molecule has 0 heterocycles. The number of sulfonamides is 1. The fraction of sp³-hybridized carbons (Fsp3) is 0.538. The van der Waals surface area contributed by atoms with Gasteiger partial charge in [0.05, 0.1) is 28.8 Å². The van der Waals surface area contributed by atoms with E-state index < -0.39 is 10.0 Å². The standard InChI is InChI=1S/C13H21ClN2O4S/c1-19-8-9-20-7-3-2-6-16-21(17,18)11-4-5-12(14)13(15)10-11/h4-5,10,16H,2-3,6-9,15H2,1H3. The van der Waals surface area contributed by atoms with Crippen molar-refractivity contribution in [2.45, 2.75) is 17.7 Å². The molecule has 0 radical (unpaired) electrons. The van der Waals surface area contributed by atoms with Crippen LogP contribution in [-0.4, -0.2) is 41.9 Å². The number of hydrogen-bond acceptors (Lipinski definition) is 5. The molecule has 21 heavy (non-hydrogen) atoms. The monoisotopic (exact) mass is 336 g/mol. The van der Waals surface area contributed by atoms with Crippen LogP contribution in [-0.2, 0) is 19.5 Å². The molecular formula is C13H21ClN2O4S. The van der Waals surface area contributed by atoms with E-state index in [1.54, 1.807) is 7.11 Å². The fourth-order valence-electron chi connectivity index (χ4n) is 1.55. The summed E-state index contributed by atoms with van der Waals surface area (Å²) in [6.45, 7) is 2.04. The molecule has 0 aliphatic heterocycles. The molecule has 0 fully saturated rings. The Kier molecular flexibility index (Phi) is 7.98. The summed E-state index contributed by atoms with van der Waals surface area (Å²) in [5, 5.41) is 0.335. The second kappa shape index (κ2) is 9.22. The van der Waals surface area contributed by atoms with Crippen LogP contribution in [0.2, 0.25) is 5.02 Å². The van der Waals surface area contributed by atoms with E-state index in [4.69, 9.17) is 26.8 Å². The number of methoxy groups -OCH3 is 1. The number of halogens is 1. The van der Waals surface area contributed by atoms with Crippen molar-refractivity contribution in [1.29, 1.82) is 0 Å². The van der Waals surface area contributed by atoms with Gasteiger partial charge in [-0.25, -0.2) is 13.1 Å². The van der Waals surface area contributed by atoms with Crippen LogP contribution in [0.25, 0.3) is 0 Å². The molecule has 120 valence electrons. The Labute approximate surface area is 130 Å². The average Bonchev–Trinajstić information content (AvgIpc) is 2.44. The van der Waals surface area contributed by atoms with E-state index in [-0.39, 0.29) is 10.6 Å². The summed E-state index contributed by atoms with van der Waals surface area (Å²) in [4.78, 5) is 0.112. The van der Waals surface area contributed by atoms with Gasteiger partial charge in [-0.3, -0.25) is 0 Å². The SMILES string of the molecule is COCCOCCCCNS(=O)(=O)c1ccc(Cl)c(N)c1. The highest BCUT2D eigenvalue weighted by molar-refractivity contribution is 7.89. The quantitative estimate of drug-likeness (QED) is 0.500. The number of anilines is 1. The van der Waals surface area contributed by atoms with Gasteiger partial charge in [0.15, 0.2) is 0 Å². The highest BCUT2D eigenvalue weighted by Crippen LogP contribution is 2.21. The number of nitrogens with one attached hydrogen (secondary N) is 1. The van der Waals surface area contributed by atoms with Crippen LogP contribution < -0.4 is 10.5 Å². The van der Waals surface area contributed by atoms with E-state index in [9.17, 15) is 8.42 Å². The molecular weight excluding hydrogens is 316 g/mol. The van der Waals surface area contributed by atoms with E-state index in [2.05, 4.69) is 4.72 Å². The number of ether oxygens (including phenoxy) is 2. The van der Waals surface area contributed by atoms with Gasteiger partial charge in [0.2, 0.25) is 10.0 Å². The summed E-state index contributed by atoms with van der Waals surface area (Å²) in [6, 6.07) is 4.24. The zero-order valence-electron chi connectivity index (χ0n) is 12.0. The Morgan fingerprint density at radius 3 is 2.67 bits per heavy atom. The predicted octanol–water partition coefficient (Wildman–Crippen LogP) is 1.64. The molecule has 3 N–H and O–H groups in total. The topological polar surface area (TPSA) is 90.6 Å². The largest absolute Gasteiger partial charge is 0.397 e. The predicted molar refractivity (Wildman–Crippen MR) is 83.0 cm³/mol. The summed E-state index contributed by atoms with van der Waals surface area (Å²) >= 11 is 5.77. The van der Waals surface area contributed by atoms with Gasteiger partial charge in [-0.15, -0.1) is 0 Å². The Hall–Kier alpha value is -0.860. The van der Waals surface area contributed by atoms with Crippen molar-refractivity contribution in [1.82, 2.24) is 4.72 Å². The molecule has 1 rings (SSSR count). The van der Waals surface area contributed by atoms with Crippen molar-refractivity contribution < 1.29 is 17.9 Å². The van der Waals surface area contributed by atoms with Crippen molar-refractivity contribution in [3.05, 3.63) is 23.2 Å². The molecule has 8 heteroatoms. The first-order valence-electron chi connectivity index (χ1n) is 6.59. The van der Waals surface area contributed by atoms with Gasteiger partial charge >= 0.3 is 0 Å². The zero-order valence-corrected chi connectivity index (χ0v) is 13.5. The van der Waals surface area contributed by atoms with Crippen molar-refractivity contribution in [3.63, 3.8) is 0 Å². The Morgan fingerprint density at radius 1 is 1.24 bits per heavy atom. The van der Waals surface area contributed by atoms with E-state index in [0.29, 0.717) is 37.8 Å². The maximum atomic E-state index is 12.0. The smallest absolute Gasteiger partial charge is 0.240 e. The first kappa shape index (κ1) is 18.2. The van der Waals surface area contributed by atoms with Gasteiger partial charge in [-0.1, -0.05) is 11.6 Å². The Bertz CT molecular complexity index is 537. The molecule has 0 unspecified atom stereocenters. The highest BCUT2D eigenvalue weighted by Gasteiger charge is 2.14. The maximum Gasteiger partial charge on any atom is 0.240 e. The summed E-state index contributed by atoms with van der Waals surface area (Å²) in [5.41, 5.74) is 5.84. The van der Waals surface area contributed by atoms with Gasteiger partial charge in [0.1, 0.15) is 0 Å². The number of rotatable bonds is 10. The summed E-state index contributed by atoms with van der Waals surface area (Å²) in [6.07, 6.45) is 1.46. The molecule has 0 saturated carbocycles. The fourth-order valence-corrected chi connectivity index (χ4v) is 2.78. The Morgan fingerprint density at radius 2 is 2.00 bits per heavy atom. The molecule has 1 aromatic carbocycles.